The summed E-state index contributed by atoms with van der Waals surface area (Å²) in [4.78, 5) is 12.6. The van der Waals surface area contributed by atoms with Gasteiger partial charge in [-0.05, 0) is 63.4 Å². The van der Waals surface area contributed by atoms with Crippen LogP contribution in [-0.2, 0) is 14.8 Å². The largest absolute Gasteiger partial charge is 0.384 e. The third-order valence-electron chi connectivity index (χ3n) is 4.65. The minimum Gasteiger partial charge on any atom is -0.384 e. The predicted molar refractivity (Wildman–Crippen MR) is 112 cm³/mol. The van der Waals surface area contributed by atoms with E-state index >= 15 is 0 Å². The average Bonchev–Trinajstić information content (AvgIpc) is 2.62. The molecule has 1 heterocycles. The minimum absolute atomic E-state index is 0. The molecule has 3 N–H and O–H groups in total. The number of halogens is 1. The van der Waals surface area contributed by atoms with Gasteiger partial charge >= 0.3 is 0 Å². The van der Waals surface area contributed by atoms with E-state index in [-0.39, 0.29) is 23.2 Å². The number of sulfonamides is 1. The van der Waals surface area contributed by atoms with Crippen molar-refractivity contribution in [3.8, 4) is 0 Å². The zero-order chi connectivity index (χ0) is 19.2. The fourth-order valence-corrected chi connectivity index (χ4v) is 3.99. The molecule has 1 fully saturated rings. The highest BCUT2D eigenvalue weighted by atomic mass is 35.5. The summed E-state index contributed by atoms with van der Waals surface area (Å²) in [6.07, 6.45) is 3.51. The Morgan fingerprint density at radius 3 is 2.48 bits per heavy atom. The van der Waals surface area contributed by atoms with E-state index in [1.165, 1.54) is 20.2 Å². The molecular formula is C18H31ClN4O3S. The van der Waals surface area contributed by atoms with Gasteiger partial charge in [-0.15, -0.1) is 12.4 Å². The third-order valence-corrected chi connectivity index (χ3v) is 6.46. The highest BCUT2D eigenvalue weighted by Gasteiger charge is 2.20. The Morgan fingerprint density at radius 2 is 1.89 bits per heavy atom. The lowest BCUT2D eigenvalue weighted by atomic mass is 9.93. The van der Waals surface area contributed by atoms with Crippen LogP contribution < -0.4 is 16.0 Å². The number of hydrogen-bond donors (Lipinski definition) is 3. The van der Waals surface area contributed by atoms with Crippen LogP contribution in [0, 0.1) is 5.92 Å². The topological polar surface area (TPSA) is 90.5 Å². The van der Waals surface area contributed by atoms with Gasteiger partial charge in [-0.25, -0.2) is 12.7 Å². The number of carbonyl (C=O) groups is 1. The van der Waals surface area contributed by atoms with Crippen molar-refractivity contribution in [2.45, 2.75) is 37.5 Å². The molecule has 27 heavy (non-hydrogen) atoms. The van der Waals surface area contributed by atoms with E-state index in [0.717, 1.165) is 42.3 Å². The maximum atomic E-state index is 12.4. The van der Waals surface area contributed by atoms with E-state index in [1.54, 1.807) is 12.1 Å². The Balaban J connectivity index is 0.00000364. The lowest BCUT2D eigenvalue weighted by molar-refractivity contribution is -0.116. The molecule has 0 bridgehead atoms. The number of hydrogen-bond acceptors (Lipinski definition) is 5. The summed E-state index contributed by atoms with van der Waals surface area (Å²) in [6, 6.07) is 4.77. The van der Waals surface area contributed by atoms with Gasteiger partial charge in [-0.2, -0.15) is 0 Å². The SMILES string of the molecule is CCNc1ccc(S(=O)(=O)N(C)C)cc1NC(=O)CCC1CCNCC1.Cl. The fraction of sp³-hybridized carbons (Fsp3) is 0.611. The summed E-state index contributed by atoms with van der Waals surface area (Å²) in [5.74, 6) is 0.498. The van der Waals surface area contributed by atoms with Crippen molar-refractivity contribution in [3.63, 3.8) is 0 Å². The maximum Gasteiger partial charge on any atom is 0.242 e. The smallest absolute Gasteiger partial charge is 0.242 e. The number of amides is 1. The molecule has 154 valence electrons. The van der Waals surface area contributed by atoms with Crippen LogP contribution in [0.15, 0.2) is 23.1 Å². The fourth-order valence-electron chi connectivity index (χ4n) is 3.06. The van der Waals surface area contributed by atoms with E-state index in [0.29, 0.717) is 24.6 Å². The van der Waals surface area contributed by atoms with Crippen molar-refractivity contribution in [1.29, 1.82) is 0 Å². The monoisotopic (exact) mass is 418 g/mol. The lowest BCUT2D eigenvalue weighted by Gasteiger charge is -2.22. The Morgan fingerprint density at radius 1 is 1.22 bits per heavy atom. The first-order chi connectivity index (χ1) is 12.3. The summed E-state index contributed by atoms with van der Waals surface area (Å²) >= 11 is 0. The molecule has 0 atom stereocenters. The molecule has 1 amide bonds. The Kier molecular flexibility index (Phi) is 9.52. The van der Waals surface area contributed by atoms with Gasteiger partial charge in [0.05, 0.1) is 16.3 Å². The molecule has 9 heteroatoms. The molecule has 1 saturated heterocycles. The van der Waals surface area contributed by atoms with Gasteiger partial charge in [0.15, 0.2) is 0 Å². The second-order valence-electron chi connectivity index (χ2n) is 6.81. The first kappa shape index (κ1) is 23.7. The van der Waals surface area contributed by atoms with E-state index < -0.39 is 10.0 Å². The minimum atomic E-state index is -3.55. The average molecular weight is 419 g/mol. The van der Waals surface area contributed by atoms with Gasteiger partial charge in [0, 0.05) is 27.1 Å². The number of nitrogens with zero attached hydrogens (tertiary/aromatic N) is 1. The molecule has 0 saturated carbocycles. The van der Waals surface area contributed by atoms with Crippen LogP contribution in [0.5, 0.6) is 0 Å². The van der Waals surface area contributed by atoms with Crippen LogP contribution in [0.1, 0.15) is 32.6 Å². The van der Waals surface area contributed by atoms with Gasteiger partial charge < -0.3 is 16.0 Å². The summed E-state index contributed by atoms with van der Waals surface area (Å²) < 4.78 is 25.9. The molecule has 7 nitrogen and oxygen atoms in total. The van der Waals surface area contributed by atoms with Gasteiger partial charge in [0.1, 0.15) is 0 Å². The maximum absolute atomic E-state index is 12.4. The molecule has 1 aliphatic heterocycles. The van der Waals surface area contributed by atoms with Gasteiger partial charge in [0.25, 0.3) is 0 Å². The van der Waals surface area contributed by atoms with Crippen molar-refractivity contribution in [1.82, 2.24) is 9.62 Å². The Labute approximate surface area is 168 Å². The summed E-state index contributed by atoms with van der Waals surface area (Å²) in [6.45, 7) is 4.66. The number of carbonyl (C=O) groups excluding carboxylic acids is 1. The molecule has 0 radical (unpaired) electrons. The van der Waals surface area contributed by atoms with Gasteiger partial charge in [-0.1, -0.05) is 0 Å². The molecule has 0 unspecified atom stereocenters. The number of nitrogens with one attached hydrogen (secondary N) is 3. The van der Waals surface area contributed by atoms with E-state index in [9.17, 15) is 13.2 Å². The Hall–Kier alpha value is -1.35. The molecule has 0 spiro atoms. The van der Waals surface area contributed by atoms with Crippen LogP contribution in [0.3, 0.4) is 0 Å². The third kappa shape index (κ3) is 6.64. The summed E-state index contributed by atoms with van der Waals surface area (Å²) in [7, 11) is -0.567. The van der Waals surface area contributed by atoms with Crippen LogP contribution in [-0.4, -0.2) is 52.4 Å². The van der Waals surface area contributed by atoms with Crippen LogP contribution in [0.25, 0.3) is 0 Å². The van der Waals surface area contributed by atoms with E-state index in [2.05, 4.69) is 16.0 Å². The predicted octanol–water partition coefficient (Wildman–Crippen LogP) is 2.51. The highest BCUT2D eigenvalue weighted by molar-refractivity contribution is 7.89. The second kappa shape index (κ2) is 10.8. The quantitative estimate of drug-likeness (QED) is 0.603. The lowest BCUT2D eigenvalue weighted by Crippen LogP contribution is -2.28. The van der Waals surface area contributed by atoms with Crippen LogP contribution in [0.2, 0.25) is 0 Å². The van der Waals surface area contributed by atoms with Crippen LogP contribution >= 0.6 is 12.4 Å². The number of anilines is 2. The van der Waals surface area contributed by atoms with Crippen molar-refractivity contribution in [3.05, 3.63) is 18.2 Å². The standard InChI is InChI=1S/C18H30N4O3S.ClH/c1-4-20-16-7-6-15(26(24,25)22(2)3)13-17(16)21-18(23)8-5-14-9-11-19-12-10-14;/h6-7,13-14,19-20H,4-5,8-12H2,1-3H3,(H,21,23);1H. The molecule has 0 aliphatic carbocycles. The highest BCUT2D eigenvalue weighted by Crippen LogP contribution is 2.27. The number of benzene rings is 1. The number of piperidine rings is 1. The Bertz CT molecular complexity index is 719. The van der Waals surface area contributed by atoms with Gasteiger partial charge in [-0.3, -0.25) is 4.79 Å². The molecule has 1 aromatic carbocycles. The molecule has 1 aliphatic rings. The zero-order valence-corrected chi connectivity index (χ0v) is 17.9. The molecular weight excluding hydrogens is 388 g/mol. The van der Waals surface area contributed by atoms with Crippen molar-refractivity contribution in [2.24, 2.45) is 5.92 Å². The van der Waals surface area contributed by atoms with Crippen molar-refractivity contribution >= 4 is 39.7 Å². The van der Waals surface area contributed by atoms with E-state index in [1.807, 2.05) is 6.92 Å². The van der Waals surface area contributed by atoms with Gasteiger partial charge in [0.2, 0.25) is 15.9 Å². The van der Waals surface area contributed by atoms with E-state index in [4.69, 9.17) is 0 Å². The first-order valence-electron chi connectivity index (χ1n) is 9.15. The normalized spacial score (nSPS) is 15.3. The molecule has 0 aromatic heterocycles. The summed E-state index contributed by atoms with van der Waals surface area (Å²) in [5.41, 5.74) is 1.23. The molecule has 2 rings (SSSR count). The number of rotatable bonds is 8. The first-order valence-corrected chi connectivity index (χ1v) is 10.6. The zero-order valence-electron chi connectivity index (χ0n) is 16.2. The van der Waals surface area contributed by atoms with Crippen molar-refractivity contribution < 1.29 is 13.2 Å². The van der Waals surface area contributed by atoms with Crippen molar-refractivity contribution in [2.75, 3.05) is 44.4 Å². The molecule has 1 aromatic rings. The van der Waals surface area contributed by atoms with Crippen LogP contribution in [0.4, 0.5) is 11.4 Å². The second-order valence-corrected chi connectivity index (χ2v) is 8.96. The summed E-state index contributed by atoms with van der Waals surface area (Å²) in [5, 5.41) is 9.37.